The molecule has 0 atom stereocenters. The van der Waals surface area contributed by atoms with Crippen LogP contribution in [-0.2, 0) is 0 Å². The van der Waals surface area contributed by atoms with Gasteiger partial charge < -0.3 is 5.32 Å². The lowest BCUT2D eigenvalue weighted by Gasteiger charge is -2.11. The van der Waals surface area contributed by atoms with Crippen LogP contribution in [0, 0.1) is 12.7 Å². The molecule has 7 heteroatoms. The maximum Gasteiger partial charge on any atom is 0.251 e. The first-order valence-corrected chi connectivity index (χ1v) is 10.1. The Labute approximate surface area is 177 Å². The van der Waals surface area contributed by atoms with E-state index in [4.69, 9.17) is 11.6 Å². The van der Waals surface area contributed by atoms with Crippen molar-refractivity contribution in [3.05, 3.63) is 76.6 Å². The number of carbonyl (C=O) groups excluding carboxylic acids is 1. The van der Waals surface area contributed by atoms with Gasteiger partial charge in [0.1, 0.15) is 11.3 Å². The number of hydrogen-bond acceptors (Lipinski definition) is 3. The Hall–Kier alpha value is -3.25. The quantitative estimate of drug-likeness (QED) is 0.500. The monoisotopic (exact) mass is 420 g/mol. The molecule has 1 heterocycles. The number of aromatic nitrogens is 3. The molecule has 0 bridgehead atoms. The highest BCUT2D eigenvalue weighted by Crippen LogP contribution is 2.31. The summed E-state index contributed by atoms with van der Waals surface area (Å²) in [6.45, 7) is 1.71. The predicted octanol–water partition coefficient (Wildman–Crippen LogP) is 5.08. The van der Waals surface area contributed by atoms with Crippen molar-refractivity contribution in [2.75, 3.05) is 0 Å². The van der Waals surface area contributed by atoms with Crippen LogP contribution in [0.5, 0.6) is 0 Å². The summed E-state index contributed by atoms with van der Waals surface area (Å²) in [7, 11) is 0. The van der Waals surface area contributed by atoms with Crippen molar-refractivity contribution in [2.45, 2.75) is 25.8 Å². The molecule has 1 aromatic heterocycles. The SMILES string of the molecule is Cc1c(F)cc(C(=O)NC2CC2)cc1-c1ccc2c(c1)nnn2-c1ccccc1Cl. The van der Waals surface area contributed by atoms with Crippen LogP contribution in [0.4, 0.5) is 4.39 Å². The summed E-state index contributed by atoms with van der Waals surface area (Å²) in [5, 5.41) is 12.0. The van der Waals surface area contributed by atoms with Gasteiger partial charge in [-0.2, -0.15) is 0 Å². The van der Waals surface area contributed by atoms with Crippen LogP contribution < -0.4 is 5.32 Å². The molecule has 1 saturated carbocycles. The number of hydrogen-bond donors (Lipinski definition) is 1. The molecule has 30 heavy (non-hydrogen) atoms. The summed E-state index contributed by atoms with van der Waals surface area (Å²) >= 11 is 6.30. The van der Waals surface area contributed by atoms with Crippen LogP contribution >= 0.6 is 11.6 Å². The summed E-state index contributed by atoms with van der Waals surface area (Å²) in [6, 6.07) is 16.2. The minimum Gasteiger partial charge on any atom is -0.349 e. The molecular weight excluding hydrogens is 403 g/mol. The molecule has 0 unspecified atom stereocenters. The van der Waals surface area contributed by atoms with E-state index in [2.05, 4.69) is 15.6 Å². The molecule has 5 nitrogen and oxygen atoms in total. The van der Waals surface area contributed by atoms with Crippen molar-refractivity contribution in [1.82, 2.24) is 20.3 Å². The Balaban J connectivity index is 1.57. The Morgan fingerprint density at radius 1 is 1.17 bits per heavy atom. The Morgan fingerprint density at radius 3 is 2.73 bits per heavy atom. The number of para-hydroxylation sites is 1. The largest absolute Gasteiger partial charge is 0.349 e. The van der Waals surface area contributed by atoms with Gasteiger partial charge in [-0.3, -0.25) is 4.79 Å². The number of carbonyl (C=O) groups is 1. The van der Waals surface area contributed by atoms with Gasteiger partial charge in [0.15, 0.2) is 0 Å². The second-order valence-electron chi connectivity index (χ2n) is 7.53. The van der Waals surface area contributed by atoms with E-state index >= 15 is 0 Å². The van der Waals surface area contributed by atoms with Gasteiger partial charge in [0.2, 0.25) is 0 Å². The van der Waals surface area contributed by atoms with Crippen molar-refractivity contribution in [3.8, 4) is 16.8 Å². The smallest absolute Gasteiger partial charge is 0.251 e. The number of amides is 1. The lowest BCUT2D eigenvalue weighted by molar-refractivity contribution is 0.0950. The van der Waals surface area contributed by atoms with Crippen molar-refractivity contribution in [2.24, 2.45) is 0 Å². The molecule has 0 spiro atoms. The highest BCUT2D eigenvalue weighted by atomic mass is 35.5. The first kappa shape index (κ1) is 18.8. The van der Waals surface area contributed by atoms with Crippen molar-refractivity contribution >= 4 is 28.5 Å². The summed E-state index contributed by atoms with van der Waals surface area (Å²) in [5.41, 5.74) is 4.40. The Morgan fingerprint density at radius 2 is 1.97 bits per heavy atom. The second kappa shape index (κ2) is 7.22. The molecule has 3 aromatic carbocycles. The van der Waals surface area contributed by atoms with Gasteiger partial charge in [-0.25, -0.2) is 9.07 Å². The van der Waals surface area contributed by atoms with E-state index in [-0.39, 0.29) is 11.9 Å². The van der Waals surface area contributed by atoms with Crippen LogP contribution in [0.2, 0.25) is 5.02 Å². The van der Waals surface area contributed by atoms with Gasteiger partial charge in [-0.1, -0.05) is 35.0 Å². The fraction of sp³-hybridized carbons (Fsp3) is 0.174. The van der Waals surface area contributed by atoms with Gasteiger partial charge in [0, 0.05) is 11.6 Å². The third-order valence-corrected chi connectivity index (χ3v) is 5.68. The zero-order chi connectivity index (χ0) is 20.8. The number of rotatable bonds is 4. The number of halogens is 2. The highest BCUT2D eigenvalue weighted by Gasteiger charge is 2.24. The molecule has 0 saturated heterocycles. The van der Waals surface area contributed by atoms with Gasteiger partial charge in [0.25, 0.3) is 5.91 Å². The van der Waals surface area contributed by atoms with E-state index in [9.17, 15) is 9.18 Å². The summed E-state index contributed by atoms with van der Waals surface area (Å²) in [4.78, 5) is 12.4. The van der Waals surface area contributed by atoms with Crippen molar-refractivity contribution < 1.29 is 9.18 Å². The molecule has 0 aliphatic heterocycles. The molecule has 1 N–H and O–H groups in total. The van der Waals surface area contributed by atoms with E-state index in [1.165, 1.54) is 6.07 Å². The average molecular weight is 421 g/mol. The fourth-order valence-electron chi connectivity index (χ4n) is 3.50. The lowest BCUT2D eigenvalue weighted by Crippen LogP contribution is -2.25. The van der Waals surface area contributed by atoms with Crippen LogP contribution in [0.25, 0.3) is 27.8 Å². The summed E-state index contributed by atoms with van der Waals surface area (Å²) < 4.78 is 16.3. The molecule has 1 amide bonds. The molecule has 1 fully saturated rings. The van der Waals surface area contributed by atoms with Crippen LogP contribution in [-0.4, -0.2) is 26.9 Å². The van der Waals surface area contributed by atoms with E-state index < -0.39 is 5.82 Å². The summed E-state index contributed by atoms with van der Waals surface area (Å²) in [5.74, 6) is -0.656. The molecule has 1 aliphatic carbocycles. The van der Waals surface area contributed by atoms with Gasteiger partial charge >= 0.3 is 0 Å². The standard InChI is InChI=1S/C23H18ClFN4O/c1-13-17(10-15(11-19(13)25)23(30)26-16-7-8-16)14-6-9-22-20(12-14)27-28-29(22)21-5-3-2-4-18(21)24/h2-6,9-12,16H,7-8H2,1H3,(H,26,30). The minimum atomic E-state index is -0.409. The number of benzene rings is 3. The molecular formula is C23H18ClFN4O. The maximum absolute atomic E-state index is 14.6. The van der Waals surface area contributed by atoms with Crippen LogP contribution in [0.3, 0.4) is 0 Å². The Bertz CT molecular complexity index is 1300. The topological polar surface area (TPSA) is 59.8 Å². The van der Waals surface area contributed by atoms with Crippen LogP contribution in [0.1, 0.15) is 28.8 Å². The average Bonchev–Trinajstić information content (AvgIpc) is 3.46. The maximum atomic E-state index is 14.6. The molecule has 0 radical (unpaired) electrons. The third kappa shape index (κ3) is 3.33. The van der Waals surface area contributed by atoms with E-state index in [1.54, 1.807) is 23.7 Å². The van der Waals surface area contributed by atoms with E-state index in [1.807, 2.05) is 36.4 Å². The number of fused-ring (bicyclic) bond motifs is 1. The normalized spacial score (nSPS) is 13.6. The van der Waals surface area contributed by atoms with Gasteiger partial charge in [-0.15, -0.1) is 5.10 Å². The van der Waals surface area contributed by atoms with Gasteiger partial charge in [0.05, 0.1) is 16.2 Å². The lowest BCUT2D eigenvalue weighted by atomic mass is 9.97. The predicted molar refractivity (Wildman–Crippen MR) is 114 cm³/mol. The zero-order valence-electron chi connectivity index (χ0n) is 16.2. The minimum absolute atomic E-state index is 0.210. The fourth-order valence-corrected chi connectivity index (χ4v) is 3.71. The van der Waals surface area contributed by atoms with Crippen molar-refractivity contribution in [1.29, 1.82) is 0 Å². The second-order valence-corrected chi connectivity index (χ2v) is 7.94. The first-order valence-electron chi connectivity index (χ1n) is 9.73. The molecule has 5 rings (SSSR count). The van der Waals surface area contributed by atoms with Crippen molar-refractivity contribution in [3.63, 3.8) is 0 Å². The third-order valence-electron chi connectivity index (χ3n) is 5.36. The molecule has 150 valence electrons. The zero-order valence-corrected chi connectivity index (χ0v) is 16.9. The van der Waals surface area contributed by atoms with E-state index in [0.29, 0.717) is 27.2 Å². The summed E-state index contributed by atoms with van der Waals surface area (Å²) in [6.07, 6.45) is 1.95. The number of nitrogens with one attached hydrogen (secondary N) is 1. The molecule has 4 aromatic rings. The highest BCUT2D eigenvalue weighted by molar-refractivity contribution is 6.32. The first-order chi connectivity index (χ1) is 14.5. The number of nitrogens with zero attached hydrogens (tertiary/aromatic N) is 3. The molecule has 1 aliphatic rings. The van der Waals surface area contributed by atoms with Crippen LogP contribution in [0.15, 0.2) is 54.6 Å². The Kier molecular flexibility index (Phi) is 4.51. The van der Waals surface area contributed by atoms with Gasteiger partial charge in [-0.05, 0) is 72.9 Å². The van der Waals surface area contributed by atoms with E-state index in [0.717, 1.165) is 29.6 Å².